The van der Waals surface area contributed by atoms with Crippen LogP contribution in [0.1, 0.15) is 45.1 Å². The summed E-state index contributed by atoms with van der Waals surface area (Å²) < 4.78 is 5.10. The van der Waals surface area contributed by atoms with Crippen LogP contribution in [0.2, 0.25) is 0 Å². The molecule has 2 N–H and O–H groups in total. The Labute approximate surface area is 139 Å². The summed E-state index contributed by atoms with van der Waals surface area (Å²) >= 11 is 0. The molecule has 1 aromatic rings. The number of aliphatic hydroxyl groups is 1. The van der Waals surface area contributed by atoms with E-state index >= 15 is 0 Å². The minimum absolute atomic E-state index is 0.0411. The monoisotopic (exact) mass is 319 g/mol. The highest BCUT2D eigenvalue weighted by molar-refractivity contribution is 5.72. The minimum Gasteiger partial charge on any atom is -0.466 e. The number of carbonyl (C=O) groups excluding carboxylic acids is 1. The van der Waals surface area contributed by atoms with Crippen LogP contribution in [0.4, 0.5) is 0 Å². The molecule has 23 heavy (non-hydrogen) atoms. The van der Waals surface area contributed by atoms with Gasteiger partial charge in [-0.1, -0.05) is 30.3 Å². The summed E-state index contributed by atoms with van der Waals surface area (Å²) in [6.45, 7) is 4.34. The highest BCUT2D eigenvalue weighted by Gasteiger charge is 2.28. The van der Waals surface area contributed by atoms with Crippen molar-refractivity contribution in [2.45, 2.75) is 64.1 Å². The second-order valence-electron chi connectivity index (χ2n) is 6.51. The molecule has 0 heterocycles. The Bertz CT molecular complexity index is 469. The lowest BCUT2D eigenvalue weighted by molar-refractivity contribution is -0.149. The Balaban J connectivity index is 1.74. The molecule has 1 aliphatic rings. The van der Waals surface area contributed by atoms with Crippen LogP contribution in [0.3, 0.4) is 0 Å². The molecule has 1 aromatic carbocycles. The van der Waals surface area contributed by atoms with Gasteiger partial charge in [0.2, 0.25) is 0 Å². The van der Waals surface area contributed by atoms with Crippen molar-refractivity contribution < 1.29 is 14.6 Å². The van der Waals surface area contributed by atoms with E-state index in [9.17, 15) is 9.90 Å². The molecule has 1 aliphatic carbocycles. The standard InChI is InChI=1S/C19H29NO3/c1-3-23-19(22)16-9-11-17(12-10-16)20-14(2)18(21)13-15-7-5-4-6-8-15/h4-8,14,16-18,20-21H,3,9-13H2,1-2H3. The maximum absolute atomic E-state index is 11.8. The first-order valence-electron chi connectivity index (χ1n) is 8.74. The Morgan fingerprint density at radius 2 is 1.91 bits per heavy atom. The van der Waals surface area contributed by atoms with E-state index in [4.69, 9.17) is 4.74 Å². The van der Waals surface area contributed by atoms with Gasteiger partial charge < -0.3 is 15.2 Å². The van der Waals surface area contributed by atoms with Gasteiger partial charge >= 0.3 is 5.97 Å². The van der Waals surface area contributed by atoms with Crippen LogP contribution < -0.4 is 5.32 Å². The molecule has 2 atom stereocenters. The van der Waals surface area contributed by atoms with Gasteiger partial charge in [-0.25, -0.2) is 0 Å². The number of rotatable bonds is 7. The van der Waals surface area contributed by atoms with E-state index in [1.54, 1.807) is 0 Å². The lowest BCUT2D eigenvalue weighted by Crippen LogP contribution is -2.46. The van der Waals surface area contributed by atoms with E-state index in [0.717, 1.165) is 31.2 Å². The largest absolute Gasteiger partial charge is 0.466 e. The molecule has 0 saturated heterocycles. The SMILES string of the molecule is CCOC(=O)C1CCC(NC(C)C(O)Cc2ccccc2)CC1. The van der Waals surface area contributed by atoms with Crippen LogP contribution in [0.5, 0.6) is 0 Å². The summed E-state index contributed by atoms with van der Waals surface area (Å²) in [4.78, 5) is 11.8. The van der Waals surface area contributed by atoms with Crippen molar-refractivity contribution in [2.24, 2.45) is 5.92 Å². The number of benzene rings is 1. The Morgan fingerprint density at radius 1 is 1.26 bits per heavy atom. The number of hydrogen-bond acceptors (Lipinski definition) is 4. The van der Waals surface area contributed by atoms with Crippen molar-refractivity contribution in [2.75, 3.05) is 6.61 Å². The van der Waals surface area contributed by atoms with Crippen molar-refractivity contribution in [3.05, 3.63) is 35.9 Å². The van der Waals surface area contributed by atoms with Crippen molar-refractivity contribution in [3.63, 3.8) is 0 Å². The summed E-state index contributed by atoms with van der Waals surface area (Å²) in [6.07, 6.45) is 3.93. The number of hydrogen-bond donors (Lipinski definition) is 2. The number of nitrogens with one attached hydrogen (secondary N) is 1. The van der Waals surface area contributed by atoms with Gasteiger partial charge in [0.15, 0.2) is 0 Å². The molecular formula is C19H29NO3. The first-order valence-corrected chi connectivity index (χ1v) is 8.74. The van der Waals surface area contributed by atoms with E-state index in [2.05, 4.69) is 5.32 Å². The van der Waals surface area contributed by atoms with Crippen LogP contribution >= 0.6 is 0 Å². The molecule has 4 heteroatoms. The lowest BCUT2D eigenvalue weighted by Gasteiger charge is -2.31. The van der Waals surface area contributed by atoms with Crippen molar-refractivity contribution >= 4 is 5.97 Å². The fraction of sp³-hybridized carbons (Fsp3) is 0.632. The van der Waals surface area contributed by atoms with Crippen LogP contribution in [0, 0.1) is 5.92 Å². The number of ether oxygens (including phenoxy) is 1. The van der Waals surface area contributed by atoms with Gasteiger partial charge in [-0.15, -0.1) is 0 Å². The molecule has 0 aliphatic heterocycles. The summed E-state index contributed by atoms with van der Waals surface area (Å²) in [5, 5.41) is 13.9. The Kier molecular flexibility index (Phi) is 7.06. The van der Waals surface area contributed by atoms with E-state index in [0.29, 0.717) is 19.1 Å². The van der Waals surface area contributed by atoms with Gasteiger partial charge in [0, 0.05) is 12.1 Å². The predicted molar refractivity (Wildman–Crippen MR) is 91.1 cm³/mol. The quantitative estimate of drug-likeness (QED) is 0.759. The molecule has 128 valence electrons. The van der Waals surface area contributed by atoms with Gasteiger partial charge in [0.1, 0.15) is 0 Å². The van der Waals surface area contributed by atoms with Gasteiger partial charge in [-0.05, 0) is 51.5 Å². The maximum atomic E-state index is 11.8. The fourth-order valence-electron chi connectivity index (χ4n) is 3.27. The Hall–Kier alpha value is -1.39. The van der Waals surface area contributed by atoms with Gasteiger partial charge in [0.25, 0.3) is 0 Å². The molecule has 1 fully saturated rings. The number of esters is 1. The first kappa shape index (κ1) is 18.0. The molecule has 2 rings (SSSR count). The number of aliphatic hydroxyl groups excluding tert-OH is 1. The molecule has 0 amide bonds. The molecule has 0 bridgehead atoms. The molecule has 2 unspecified atom stereocenters. The molecule has 1 saturated carbocycles. The highest BCUT2D eigenvalue weighted by atomic mass is 16.5. The van der Waals surface area contributed by atoms with Crippen LogP contribution in [-0.2, 0) is 16.0 Å². The fourth-order valence-corrected chi connectivity index (χ4v) is 3.27. The summed E-state index contributed by atoms with van der Waals surface area (Å²) in [7, 11) is 0. The smallest absolute Gasteiger partial charge is 0.308 e. The summed E-state index contributed by atoms with van der Waals surface area (Å²) in [5.41, 5.74) is 1.15. The third-order valence-corrected chi connectivity index (χ3v) is 4.71. The number of carbonyl (C=O) groups is 1. The third-order valence-electron chi connectivity index (χ3n) is 4.71. The lowest BCUT2D eigenvalue weighted by atomic mass is 9.85. The third kappa shape index (κ3) is 5.63. The van der Waals surface area contributed by atoms with Crippen LogP contribution in [0.15, 0.2) is 30.3 Å². The summed E-state index contributed by atoms with van der Waals surface area (Å²) in [5.74, 6) is 0.000610. The highest BCUT2D eigenvalue weighted by Crippen LogP contribution is 2.26. The second kappa shape index (κ2) is 9.04. The zero-order valence-electron chi connectivity index (χ0n) is 14.2. The average Bonchev–Trinajstić information content (AvgIpc) is 2.56. The molecular weight excluding hydrogens is 290 g/mol. The second-order valence-corrected chi connectivity index (χ2v) is 6.51. The van der Waals surface area contributed by atoms with Gasteiger partial charge in [-0.2, -0.15) is 0 Å². The normalized spacial score (nSPS) is 24.0. The predicted octanol–water partition coefficient (Wildman–Crippen LogP) is 2.69. The van der Waals surface area contributed by atoms with Crippen molar-refractivity contribution in [1.82, 2.24) is 5.32 Å². The van der Waals surface area contributed by atoms with Crippen molar-refractivity contribution in [3.8, 4) is 0 Å². The average molecular weight is 319 g/mol. The molecule has 0 radical (unpaired) electrons. The first-order chi connectivity index (χ1) is 11.1. The van der Waals surface area contributed by atoms with Crippen LogP contribution in [0.25, 0.3) is 0 Å². The van der Waals surface area contributed by atoms with Crippen LogP contribution in [-0.4, -0.2) is 35.9 Å². The van der Waals surface area contributed by atoms with Gasteiger partial charge in [-0.3, -0.25) is 4.79 Å². The molecule has 0 aromatic heterocycles. The van der Waals surface area contributed by atoms with E-state index < -0.39 is 6.10 Å². The molecule has 4 nitrogen and oxygen atoms in total. The van der Waals surface area contributed by atoms with E-state index in [-0.39, 0.29) is 17.9 Å². The topological polar surface area (TPSA) is 58.6 Å². The zero-order valence-corrected chi connectivity index (χ0v) is 14.2. The zero-order chi connectivity index (χ0) is 16.7. The molecule has 0 spiro atoms. The maximum Gasteiger partial charge on any atom is 0.308 e. The minimum atomic E-state index is -0.403. The van der Waals surface area contributed by atoms with Crippen molar-refractivity contribution in [1.29, 1.82) is 0 Å². The summed E-state index contributed by atoms with van der Waals surface area (Å²) in [6, 6.07) is 10.5. The van der Waals surface area contributed by atoms with Gasteiger partial charge in [0.05, 0.1) is 18.6 Å². The van der Waals surface area contributed by atoms with E-state index in [1.807, 2.05) is 44.2 Å². The van der Waals surface area contributed by atoms with E-state index in [1.165, 1.54) is 0 Å². The Morgan fingerprint density at radius 3 is 2.52 bits per heavy atom.